The van der Waals surface area contributed by atoms with Crippen LogP contribution in [0.3, 0.4) is 0 Å². The van der Waals surface area contributed by atoms with Crippen molar-refractivity contribution in [1.82, 2.24) is 9.38 Å². The van der Waals surface area contributed by atoms with Gasteiger partial charge in [0.15, 0.2) is 0 Å². The van der Waals surface area contributed by atoms with Crippen LogP contribution in [0.25, 0.3) is 28.0 Å². The fourth-order valence-electron chi connectivity index (χ4n) is 3.76. The third-order valence-electron chi connectivity index (χ3n) is 5.61. The number of nitrogens with two attached hydrogens (primary N) is 1. The lowest BCUT2D eigenvalue weighted by molar-refractivity contribution is 0.242. The highest BCUT2D eigenvalue weighted by atomic mass is 16.5. The summed E-state index contributed by atoms with van der Waals surface area (Å²) in [5, 5.41) is 0. The highest BCUT2D eigenvalue weighted by Gasteiger charge is 2.39. The summed E-state index contributed by atoms with van der Waals surface area (Å²) in [7, 11) is 0. The van der Waals surface area contributed by atoms with Crippen LogP contribution in [0.5, 0.6) is 5.75 Å². The molecule has 0 amide bonds. The molecule has 4 nitrogen and oxygen atoms in total. The minimum atomic E-state index is -0.0918. The zero-order valence-electron chi connectivity index (χ0n) is 16.8. The summed E-state index contributed by atoms with van der Waals surface area (Å²) in [6, 6.07) is 21.0. The van der Waals surface area contributed by atoms with Crippen molar-refractivity contribution in [2.24, 2.45) is 5.73 Å². The van der Waals surface area contributed by atoms with Crippen LogP contribution >= 0.6 is 0 Å². The molecule has 5 rings (SSSR count). The highest BCUT2D eigenvalue weighted by Crippen LogP contribution is 2.43. The Hall–Kier alpha value is -3.11. The molecule has 0 saturated heterocycles. The van der Waals surface area contributed by atoms with Gasteiger partial charge in [-0.25, -0.2) is 4.98 Å². The van der Waals surface area contributed by atoms with E-state index in [1.807, 2.05) is 32.2 Å². The number of hydrogen-bond donors (Lipinski definition) is 1. The molecule has 0 radical (unpaired) electrons. The fraction of sp³-hybridized carbons (Fsp3) is 0.240. The maximum Gasteiger partial charge on any atom is 0.137 e. The van der Waals surface area contributed by atoms with E-state index >= 15 is 0 Å². The van der Waals surface area contributed by atoms with Gasteiger partial charge in [0.1, 0.15) is 11.4 Å². The molecule has 0 bridgehead atoms. The number of imidazole rings is 1. The smallest absolute Gasteiger partial charge is 0.137 e. The predicted molar refractivity (Wildman–Crippen MR) is 117 cm³/mol. The molecule has 4 aromatic rings. The normalized spacial score (nSPS) is 15.0. The first-order valence-electron chi connectivity index (χ1n) is 10.2. The van der Waals surface area contributed by atoms with E-state index in [-0.39, 0.29) is 11.6 Å². The summed E-state index contributed by atoms with van der Waals surface area (Å²) in [6.07, 6.45) is 6.40. The number of nitrogens with zero attached hydrogens (tertiary/aromatic N) is 2. The van der Waals surface area contributed by atoms with Crippen molar-refractivity contribution in [3.63, 3.8) is 0 Å². The number of rotatable bonds is 5. The number of benzene rings is 2. The van der Waals surface area contributed by atoms with Gasteiger partial charge in [0.2, 0.25) is 0 Å². The number of ether oxygens (including phenoxy) is 1. The highest BCUT2D eigenvalue weighted by molar-refractivity contribution is 5.69. The largest absolute Gasteiger partial charge is 0.491 e. The Morgan fingerprint density at radius 2 is 1.55 bits per heavy atom. The second-order valence-electron chi connectivity index (χ2n) is 8.21. The Labute approximate surface area is 171 Å². The molecule has 2 aromatic carbocycles. The Bertz CT molecular complexity index is 1150. The Morgan fingerprint density at radius 1 is 0.897 bits per heavy atom. The van der Waals surface area contributed by atoms with E-state index < -0.39 is 0 Å². The van der Waals surface area contributed by atoms with Crippen LogP contribution in [0, 0.1) is 0 Å². The molecule has 4 heteroatoms. The van der Waals surface area contributed by atoms with Gasteiger partial charge >= 0.3 is 0 Å². The molecule has 2 heterocycles. The Kier molecular flexibility index (Phi) is 4.18. The predicted octanol–water partition coefficient (Wildman–Crippen LogP) is 5.40. The first-order valence-corrected chi connectivity index (χ1v) is 10.2. The van der Waals surface area contributed by atoms with Gasteiger partial charge in [-0.2, -0.15) is 0 Å². The summed E-state index contributed by atoms with van der Waals surface area (Å²) in [4.78, 5) is 4.57. The van der Waals surface area contributed by atoms with Crippen molar-refractivity contribution in [1.29, 1.82) is 0 Å². The Balaban J connectivity index is 1.49. The fourth-order valence-corrected chi connectivity index (χ4v) is 3.76. The number of hydrogen-bond acceptors (Lipinski definition) is 3. The van der Waals surface area contributed by atoms with E-state index in [1.165, 1.54) is 11.1 Å². The Morgan fingerprint density at radius 3 is 2.21 bits per heavy atom. The van der Waals surface area contributed by atoms with Crippen molar-refractivity contribution in [2.75, 3.05) is 0 Å². The van der Waals surface area contributed by atoms with Gasteiger partial charge in [-0.05, 0) is 79.8 Å². The zero-order chi connectivity index (χ0) is 20.0. The van der Waals surface area contributed by atoms with Crippen LogP contribution < -0.4 is 10.5 Å². The zero-order valence-corrected chi connectivity index (χ0v) is 16.8. The molecule has 2 N–H and O–H groups in total. The molecule has 29 heavy (non-hydrogen) atoms. The van der Waals surface area contributed by atoms with Gasteiger partial charge in [0.05, 0.1) is 18.0 Å². The van der Waals surface area contributed by atoms with Gasteiger partial charge < -0.3 is 10.5 Å². The molecule has 0 aliphatic heterocycles. The van der Waals surface area contributed by atoms with Crippen molar-refractivity contribution in [2.45, 2.75) is 38.3 Å². The number of pyridine rings is 1. The van der Waals surface area contributed by atoms with E-state index in [9.17, 15) is 0 Å². The second-order valence-corrected chi connectivity index (χ2v) is 8.21. The summed E-state index contributed by atoms with van der Waals surface area (Å²) < 4.78 is 7.90. The van der Waals surface area contributed by atoms with Gasteiger partial charge in [0.25, 0.3) is 0 Å². The molecular formula is C25H25N3O. The molecular weight excluding hydrogens is 358 g/mol. The molecule has 0 atom stereocenters. The SMILES string of the molecule is CC(C)Oc1ccc(-c2cnc3ccc(-c4ccc(C5(N)CC5)cc4)cn23)cc1. The lowest BCUT2D eigenvalue weighted by Crippen LogP contribution is -2.18. The lowest BCUT2D eigenvalue weighted by Gasteiger charge is -2.11. The topological polar surface area (TPSA) is 52.5 Å². The minimum absolute atomic E-state index is 0.0918. The third-order valence-corrected chi connectivity index (χ3v) is 5.61. The molecule has 0 spiro atoms. The summed E-state index contributed by atoms with van der Waals surface area (Å²) >= 11 is 0. The molecule has 0 unspecified atom stereocenters. The van der Waals surface area contributed by atoms with Crippen molar-refractivity contribution in [3.8, 4) is 28.1 Å². The van der Waals surface area contributed by atoms with Crippen LogP contribution in [-0.4, -0.2) is 15.5 Å². The first kappa shape index (κ1) is 18.0. The quantitative estimate of drug-likeness (QED) is 0.502. The average Bonchev–Trinajstić information content (AvgIpc) is 3.34. The van der Waals surface area contributed by atoms with Crippen LogP contribution in [0.2, 0.25) is 0 Å². The van der Waals surface area contributed by atoms with Gasteiger partial charge in [-0.15, -0.1) is 0 Å². The van der Waals surface area contributed by atoms with Gasteiger partial charge in [0, 0.05) is 17.3 Å². The first-order chi connectivity index (χ1) is 14.0. The van der Waals surface area contributed by atoms with E-state index in [4.69, 9.17) is 10.5 Å². The number of fused-ring (bicyclic) bond motifs is 1. The van der Waals surface area contributed by atoms with Crippen LogP contribution in [-0.2, 0) is 5.54 Å². The van der Waals surface area contributed by atoms with Crippen LogP contribution in [0.1, 0.15) is 32.3 Å². The molecule has 1 aliphatic carbocycles. The second kappa shape index (κ2) is 6.75. The molecule has 1 aliphatic rings. The van der Waals surface area contributed by atoms with E-state index in [2.05, 4.69) is 64.1 Å². The summed E-state index contributed by atoms with van der Waals surface area (Å²) in [5.74, 6) is 0.881. The minimum Gasteiger partial charge on any atom is -0.491 e. The van der Waals surface area contributed by atoms with Crippen LogP contribution in [0.15, 0.2) is 73.1 Å². The maximum absolute atomic E-state index is 6.32. The monoisotopic (exact) mass is 383 g/mol. The summed E-state index contributed by atoms with van der Waals surface area (Å²) in [5.41, 5.74) is 12.9. The van der Waals surface area contributed by atoms with E-state index in [0.717, 1.165) is 41.1 Å². The maximum atomic E-state index is 6.32. The summed E-state index contributed by atoms with van der Waals surface area (Å²) in [6.45, 7) is 4.06. The average molecular weight is 383 g/mol. The lowest BCUT2D eigenvalue weighted by atomic mass is 10.0. The van der Waals surface area contributed by atoms with Crippen molar-refractivity contribution in [3.05, 3.63) is 78.6 Å². The standard InChI is InChI=1S/C25H25N3O/c1-17(2)29-22-10-5-19(6-11-22)23-15-27-24-12-7-20(16-28(23)24)18-3-8-21(9-4-18)25(26)13-14-25/h3-12,15-17H,13-14,26H2,1-2H3. The van der Waals surface area contributed by atoms with Gasteiger partial charge in [-0.3, -0.25) is 4.40 Å². The third kappa shape index (κ3) is 3.40. The molecule has 1 saturated carbocycles. The van der Waals surface area contributed by atoms with E-state index in [1.54, 1.807) is 0 Å². The molecule has 2 aromatic heterocycles. The van der Waals surface area contributed by atoms with Crippen molar-refractivity contribution < 1.29 is 4.74 Å². The molecule has 146 valence electrons. The molecule has 1 fully saturated rings. The van der Waals surface area contributed by atoms with Crippen LogP contribution in [0.4, 0.5) is 0 Å². The van der Waals surface area contributed by atoms with Gasteiger partial charge in [-0.1, -0.05) is 24.3 Å². The van der Waals surface area contributed by atoms with E-state index in [0.29, 0.717) is 0 Å². The number of aromatic nitrogens is 2. The van der Waals surface area contributed by atoms with Crippen molar-refractivity contribution >= 4 is 5.65 Å².